The van der Waals surface area contributed by atoms with E-state index in [-0.39, 0.29) is 5.92 Å². The Kier molecular flexibility index (Phi) is 2.55. The summed E-state index contributed by atoms with van der Waals surface area (Å²) in [6.45, 7) is 6.14. The van der Waals surface area contributed by atoms with Crippen molar-refractivity contribution >= 4 is 0 Å². The predicted octanol–water partition coefficient (Wildman–Crippen LogP) is 3.00. The predicted molar refractivity (Wildman–Crippen MR) is 51.5 cm³/mol. The van der Waals surface area contributed by atoms with E-state index in [1.54, 1.807) is 0 Å². The summed E-state index contributed by atoms with van der Waals surface area (Å²) in [7, 11) is 0. The lowest BCUT2D eigenvalue weighted by Crippen LogP contribution is -1.93. The van der Waals surface area contributed by atoms with Crippen LogP contribution in [0, 0.1) is 26.2 Å². The van der Waals surface area contributed by atoms with Gasteiger partial charge in [0, 0.05) is 5.92 Å². The molecule has 1 aromatic rings. The van der Waals surface area contributed by atoms with Gasteiger partial charge < -0.3 is 0 Å². The number of rotatable bonds is 1. The highest BCUT2D eigenvalue weighted by Gasteiger charge is 2.04. The van der Waals surface area contributed by atoms with E-state index in [2.05, 4.69) is 38.0 Å². The van der Waals surface area contributed by atoms with Crippen molar-refractivity contribution in [1.82, 2.24) is 0 Å². The summed E-state index contributed by atoms with van der Waals surface area (Å²) in [5, 5.41) is 0. The summed E-state index contributed by atoms with van der Waals surface area (Å²) in [6, 6.07) is 6.32. The standard InChI is InChI=1S/C12H13/c1-5-10(3)12-8-9(2)6-7-11(12)4/h6-8,10H,2-4H3. The van der Waals surface area contributed by atoms with Crippen molar-refractivity contribution in [2.24, 2.45) is 0 Å². The lowest BCUT2D eigenvalue weighted by atomic mass is 9.95. The fraction of sp³-hybridized carbons (Fsp3) is 0.333. The number of aryl methyl sites for hydroxylation is 2. The molecule has 0 aromatic heterocycles. The van der Waals surface area contributed by atoms with Gasteiger partial charge in [0.05, 0.1) is 0 Å². The first kappa shape index (κ1) is 8.87. The highest BCUT2D eigenvalue weighted by atomic mass is 14.1. The molecule has 0 fully saturated rings. The zero-order valence-electron chi connectivity index (χ0n) is 7.81. The Morgan fingerprint density at radius 3 is 2.58 bits per heavy atom. The molecule has 1 unspecified atom stereocenters. The summed E-state index contributed by atoms with van der Waals surface area (Å²) < 4.78 is 0. The van der Waals surface area contributed by atoms with Gasteiger partial charge in [-0.1, -0.05) is 29.7 Å². The third kappa shape index (κ3) is 1.68. The summed E-state index contributed by atoms with van der Waals surface area (Å²) >= 11 is 0. The maximum absolute atomic E-state index is 7.06. The van der Waals surface area contributed by atoms with E-state index in [0.29, 0.717) is 0 Å². The maximum Gasteiger partial charge on any atom is 0.0437 e. The average molecular weight is 157 g/mol. The van der Waals surface area contributed by atoms with E-state index >= 15 is 0 Å². The Morgan fingerprint density at radius 2 is 2.00 bits per heavy atom. The van der Waals surface area contributed by atoms with Crippen molar-refractivity contribution in [3.63, 3.8) is 0 Å². The summed E-state index contributed by atoms with van der Waals surface area (Å²) in [4.78, 5) is 0. The van der Waals surface area contributed by atoms with E-state index < -0.39 is 0 Å². The molecule has 0 aliphatic rings. The molecule has 61 valence electrons. The zero-order valence-corrected chi connectivity index (χ0v) is 7.81. The van der Waals surface area contributed by atoms with Crippen LogP contribution < -0.4 is 0 Å². The van der Waals surface area contributed by atoms with Crippen molar-refractivity contribution in [1.29, 1.82) is 0 Å². The van der Waals surface area contributed by atoms with Crippen molar-refractivity contribution in [2.45, 2.75) is 26.7 Å². The second kappa shape index (κ2) is 3.45. The van der Waals surface area contributed by atoms with Gasteiger partial charge in [0.15, 0.2) is 0 Å². The van der Waals surface area contributed by atoms with Gasteiger partial charge in [0.25, 0.3) is 0 Å². The van der Waals surface area contributed by atoms with E-state index in [4.69, 9.17) is 6.42 Å². The molecule has 0 amide bonds. The summed E-state index contributed by atoms with van der Waals surface area (Å²) in [6.07, 6.45) is 7.06. The molecular weight excluding hydrogens is 144 g/mol. The molecule has 0 heteroatoms. The molecule has 0 saturated carbocycles. The monoisotopic (exact) mass is 157 g/mol. The molecule has 12 heavy (non-hydrogen) atoms. The van der Waals surface area contributed by atoms with E-state index in [1.165, 1.54) is 16.7 Å². The second-order valence-corrected chi connectivity index (χ2v) is 3.23. The third-order valence-corrected chi connectivity index (χ3v) is 2.12. The first-order valence-electron chi connectivity index (χ1n) is 4.14. The lowest BCUT2D eigenvalue weighted by Gasteiger charge is -2.08. The molecule has 0 spiro atoms. The lowest BCUT2D eigenvalue weighted by molar-refractivity contribution is 0.982. The normalized spacial score (nSPS) is 12.2. The van der Waals surface area contributed by atoms with Crippen molar-refractivity contribution in [2.75, 3.05) is 0 Å². The highest BCUT2D eigenvalue weighted by molar-refractivity contribution is 5.35. The maximum atomic E-state index is 7.06. The largest absolute Gasteiger partial charge is 0.0812 e. The van der Waals surface area contributed by atoms with E-state index in [1.807, 2.05) is 6.92 Å². The zero-order chi connectivity index (χ0) is 9.14. The number of benzene rings is 1. The average Bonchev–Trinajstić information content (AvgIpc) is 2.08. The molecule has 1 aromatic carbocycles. The van der Waals surface area contributed by atoms with Crippen molar-refractivity contribution < 1.29 is 0 Å². The molecule has 0 heterocycles. The van der Waals surface area contributed by atoms with Gasteiger partial charge in [-0.25, -0.2) is 0 Å². The molecule has 0 aliphatic heterocycles. The summed E-state index contributed by atoms with van der Waals surface area (Å²) in [5.74, 6) is 2.61. The quantitative estimate of drug-likeness (QED) is 0.550. The molecule has 1 atom stereocenters. The SMILES string of the molecule is [C]#CC(C)c1cc(C)ccc1C. The van der Waals surface area contributed by atoms with Gasteiger partial charge in [-0.3, -0.25) is 0 Å². The molecule has 0 nitrogen and oxygen atoms in total. The molecule has 1 rings (SSSR count). The topological polar surface area (TPSA) is 0 Å². The number of hydrogen-bond donors (Lipinski definition) is 0. The Hall–Kier alpha value is -1.22. The van der Waals surface area contributed by atoms with Crippen LogP contribution in [0.1, 0.15) is 29.5 Å². The fourth-order valence-corrected chi connectivity index (χ4v) is 1.30. The van der Waals surface area contributed by atoms with Crippen LogP contribution in [0.5, 0.6) is 0 Å². The van der Waals surface area contributed by atoms with Crippen LogP contribution in [0.15, 0.2) is 18.2 Å². The van der Waals surface area contributed by atoms with Gasteiger partial charge in [-0.2, -0.15) is 0 Å². The Morgan fingerprint density at radius 1 is 1.33 bits per heavy atom. The molecule has 0 aliphatic carbocycles. The van der Waals surface area contributed by atoms with Gasteiger partial charge in [-0.05, 0) is 38.3 Å². The van der Waals surface area contributed by atoms with Crippen LogP contribution in [0.2, 0.25) is 0 Å². The first-order valence-corrected chi connectivity index (χ1v) is 4.14. The minimum Gasteiger partial charge on any atom is -0.0812 e. The minimum atomic E-state index is 0.116. The highest BCUT2D eigenvalue weighted by Crippen LogP contribution is 2.19. The van der Waals surface area contributed by atoms with Crippen LogP contribution in [0.25, 0.3) is 0 Å². The fourth-order valence-electron chi connectivity index (χ4n) is 1.30. The minimum absolute atomic E-state index is 0.116. The van der Waals surface area contributed by atoms with Gasteiger partial charge >= 0.3 is 0 Å². The van der Waals surface area contributed by atoms with Gasteiger partial charge in [0.2, 0.25) is 0 Å². The summed E-state index contributed by atoms with van der Waals surface area (Å²) in [5.41, 5.74) is 3.70. The molecule has 1 radical (unpaired) electrons. The van der Waals surface area contributed by atoms with E-state index in [0.717, 1.165) is 0 Å². The Balaban J connectivity index is 3.15. The molecule has 0 bridgehead atoms. The first-order chi connectivity index (χ1) is 5.65. The van der Waals surface area contributed by atoms with Crippen LogP contribution in [-0.4, -0.2) is 0 Å². The molecule has 0 saturated heterocycles. The van der Waals surface area contributed by atoms with Gasteiger partial charge in [0.1, 0.15) is 0 Å². The van der Waals surface area contributed by atoms with Crippen LogP contribution in [0.3, 0.4) is 0 Å². The second-order valence-electron chi connectivity index (χ2n) is 3.23. The molecular formula is C12H13. The van der Waals surface area contributed by atoms with Crippen molar-refractivity contribution in [3.8, 4) is 5.92 Å². The van der Waals surface area contributed by atoms with E-state index in [9.17, 15) is 0 Å². The third-order valence-electron chi connectivity index (χ3n) is 2.12. The molecule has 0 N–H and O–H groups in total. The van der Waals surface area contributed by atoms with Crippen molar-refractivity contribution in [3.05, 3.63) is 41.3 Å². The van der Waals surface area contributed by atoms with Crippen LogP contribution >= 0.6 is 0 Å². The smallest absolute Gasteiger partial charge is 0.0437 e. The van der Waals surface area contributed by atoms with Gasteiger partial charge in [-0.15, -0.1) is 0 Å². The van der Waals surface area contributed by atoms with Crippen LogP contribution in [0.4, 0.5) is 0 Å². The van der Waals surface area contributed by atoms with Crippen LogP contribution in [-0.2, 0) is 0 Å². The number of hydrogen-bond acceptors (Lipinski definition) is 0. The Bertz CT molecular complexity index is 315. The Labute approximate surface area is 74.6 Å².